The Bertz CT molecular complexity index is 421. The van der Waals surface area contributed by atoms with E-state index in [1.165, 1.54) is 13.8 Å². The van der Waals surface area contributed by atoms with Gasteiger partial charge < -0.3 is 9.47 Å². The summed E-state index contributed by atoms with van der Waals surface area (Å²) in [7, 11) is 0. The predicted octanol–water partition coefficient (Wildman–Crippen LogP) is 4.27. The highest BCUT2D eigenvalue weighted by molar-refractivity contribution is 7.99. The number of carbonyl (C=O) groups is 1. The predicted molar refractivity (Wildman–Crippen MR) is 69.7 cm³/mol. The van der Waals surface area contributed by atoms with Crippen LogP contribution in [0.3, 0.4) is 0 Å². The molecule has 0 bridgehead atoms. The SMILES string of the molecule is CC(C)OC(=O)OC(CSc1ccccc1)C(F)(F)F. The molecule has 0 aromatic heterocycles. The fourth-order valence-corrected chi connectivity index (χ4v) is 2.17. The van der Waals surface area contributed by atoms with Gasteiger partial charge in [0.15, 0.2) is 0 Å². The second kappa shape index (κ2) is 7.42. The van der Waals surface area contributed by atoms with Gasteiger partial charge in [-0.25, -0.2) is 4.79 Å². The number of halogens is 3. The Kier molecular flexibility index (Phi) is 6.19. The molecule has 0 saturated carbocycles. The van der Waals surface area contributed by atoms with Crippen molar-refractivity contribution < 1.29 is 27.4 Å². The van der Waals surface area contributed by atoms with Gasteiger partial charge in [0.1, 0.15) is 0 Å². The van der Waals surface area contributed by atoms with E-state index >= 15 is 0 Å². The van der Waals surface area contributed by atoms with Gasteiger partial charge in [-0.1, -0.05) is 18.2 Å². The normalized spacial score (nSPS) is 13.1. The van der Waals surface area contributed by atoms with Crippen LogP contribution in [0.15, 0.2) is 35.2 Å². The second-order valence-electron chi connectivity index (χ2n) is 4.19. The second-order valence-corrected chi connectivity index (χ2v) is 5.28. The maximum Gasteiger partial charge on any atom is 0.509 e. The molecule has 0 saturated heterocycles. The molecule has 0 aliphatic rings. The molecule has 112 valence electrons. The van der Waals surface area contributed by atoms with Crippen LogP contribution in [0.1, 0.15) is 13.8 Å². The van der Waals surface area contributed by atoms with Crippen LogP contribution >= 0.6 is 11.8 Å². The van der Waals surface area contributed by atoms with Gasteiger partial charge in [0.05, 0.1) is 6.10 Å². The lowest BCUT2D eigenvalue weighted by atomic mass is 10.4. The van der Waals surface area contributed by atoms with E-state index in [2.05, 4.69) is 9.47 Å². The number of alkyl halides is 3. The summed E-state index contributed by atoms with van der Waals surface area (Å²) in [6.07, 6.45) is -8.66. The van der Waals surface area contributed by atoms with Gasteiger partial charge >= 0.3 is 12.3 Å². The standard InChI is InChI=1S/C13H15F3O3S/c1-9(2)18-12(17)19-11(13(14,15)16)8-20-10-6-4-3-5-7-10/h3-7,9,11H,8H2,1-2H3. The van der Waals surface area contributed by atoms with Crippen LogP contribution in [0.2, 0.25) is 0 Å². The van der Waals surface area contributed by atoms with Crippen molar-refractivity contribution in [2.75, 3.05) is 5.75 Å². The van der Waals surface area contributed by atoms with Crippen LogP contribution in [0, 0.1) is 0 Å². The van der Waals surface area contributed by atoms with Gasteiger partial charge in [-0.2, -0.15) is 13.2 Å². The maximum atomic E-state index is 12.8. The fraction of sp³-hybridized carbons (Fsp3) is 0.462. The summed E-state index contributed by atoms with van der Waals surface area (Å²) in [5.41, 5.74) is 0. The number of hydrogen-bond donors (Lipinski definition) is 0. The number of benzene rings is 1. The summed E-state index contributed by atoms with van der Waals surface area (Å²) < 4.78 is 47.2. The molecule has 0 amide bonds. The van der Waals surface area contributed by atoms with Gasteiger partial charge in [-0.15, -0.1) is 11.8 Å². The third kappa shape index (κ3) is 6.18. The number of rotatable bonds is 5. The van der Waals surface area contributed by atoms with E-state index < -0.39 is 30.3 Å². The highest BCUT2D eigenvalue weighted by Crippen LogP contribution is 2.29. The number of ether oxygens (including phenoxy) is 2. The summed E-state index contributed by atoms with van der Waals surface area (Å²) in [5.74, 6) is -0.416. The van der Waals surface area contributed by atoms with Crippen molar-refractivity contribution in [3.05, 3.63) is 30.3 Å². The Hall–Kier alpha value is -1.37. The first-order valence-corrected chi connectivity index (χ1v) is 6.89. The third-order valence-electron chi connectivity index (χ3n) is 2.08. The largest absolute Gasteiger partial charge is 0.509 e. The molecule has 0 aliphatic carbocycles. The molecule has 1 unspecified atom stereocenters. The average molecular weight is 308 g/mol. The van der Waals surface area contributed by atoms with E-state index in [-0.39, 0.29) is 0 Å². The van der Waals surface area contributed by atoms with E-state index in [9.17, 15) is 18.0 Å². The van der Waals surface area contributed by atoms with E-state index in [0.29, 0.717) is 4.90 Å². The smallest absolute Gasteiger partial charge is 0.432 e. The molecule has 0 heterocycles. The monoisotopic (exact) mass is 308 g/mol. The van der Waals surface area contributed by atoms with Crippen molar-refractivity contribution in [2.24, 2.45) is 0 Å². The van der Waals surface area contributed by atoms with E-state index in [4.69, 9.17) is 0 Å². The average Bonchev–Trinajstić information content (AvgIpc) is 2.33. The molecular formula is C13H15F3O3S. The first-order valence-electron chi connectivity index (χ1n) is 5.91. The molecule has 1 aromatic rings. The lowest BCUT2D eigenvalue weighted by Crippen LogP contribution is -2.36. The summed E-state index contributed by atoms with van der Waals surface area (Å²) in [4.78, 5) is 11.8. The van der Waals surface area contributed by atoms with E-state index in [0.717, 1.165) is 11.8 Å². The lowest BCUT2D eigenvalue weighted by molar-refractivity contribution is -0.202. The summed E-state index contributed by atoms with van der Waals surface area (Å²) in [6.45, 7) is 3.06. The Balaban J connectivity index is 2.59. The lowest BCUT2D eigenvalue weighted by Gasteiger charge is -2.20. The molecule has 1 rings (SSSR count). The van der Waals surface area contributed by atoms with E-state index in [1.54, 1.807) is 30.3 Å². The Morgan fingerprint density at radius 3 is 2.30 bits per heavy atom. The molecule has 0 fully saturated rings. The zero-order valence-corrected chi connectivity index (χ0v) is 11.8. The Morgan fingerprint density at radius 1 is 1.20 bits per heavy atom. The highest BCUT2D eigenvalue weighted by Gasteiger charge is 2.43. The zero-order valence-electron chi connectivity index (χ0n) is 11.0. The van der Waals surface area contributed by atoms with Crippen molar-refractivity contribution in [1.29, 1.82) is 0 Å². The van der Waals surface area contributed by atoms with Crippen molar-refractivity contribution in [1.82, 2.24) is 0 Å². The minimum Gasteiger partial charge on any atom is -0.432 e. The zero-order chi connectivity index (χ0) is 15.2. The Labute approximate surface area is 119 Å². The molecule has 0 radical (unpaired) electrons. The van der Waals surface area contributed by atoms with Crippen LogP contribution in [-0.4, -0.2) is 30.3 Å². The topological polar surface area (TPSA) is 35.5 Å². The summed E-state index contributed by atoms with van der Waals surface area (Å²) in [5, 5.41) is 0. The molecule has 7 heteroatoms. The molecule has 0 N–H and O–H groups in total. The number of carbonyl (C=O) groups excluding carboxylic acids is 1. The first kappa shape index (κ1) is 16.7. The highest BCUT2D eigenvalue weighted by atomic mass is 32.2. The van der Waals surface area contributed by atoms with Gasteiger partial charge in [-0.05, 0) is 26.0 Å². The number of hydrogen-bond acceptors (Lipinski definition) is 4. The van der Waals surface area contributed by atoms with Gasteiger partial charge in [0.2, 0.25) is 6.10 Å². The van der Waals surface area contributed by atoms with Crippen molar-refractivity contribution in [2.45, 2.75) is 37.1 Å². The van der Waals surface area contributed by atoms with Crippen LogP contribution < -0.4 is 0 Å². The summed E-state index contributed by atoms with van der Waals surface area (Å²) in [6, 6.07) is 8.58. The minimum absolute atomic E-state index is 0.416. The fourth-order valence-electron chi connectivity index (χ4n) is 1.22. The van der Waals surface area contributed by atoms with Crippen LogP contribution in [-0.2, 0) is 9.47 Å². The maximum absolute atomic E-state index is 12.8. The van der Waals surface area contributed by atoms with Crippen LogP contribution in [0.25, 0.3) is 0 Å². The Morgan fingerprint density at radius 2 is 1.80 bits per heavy atom. The van der Waals surface area contributed by atoms with E-state index in [1.807, 2.05) is 0 Å². The van der Waals surface area contributed by atoms with Crippen LogP contribution in [0.5, 0.6) is 0 Å². The molecule has 1 atom stereocenters. The minimum atomic E-state index is -4.63. The van der Waals surface area contributed by atoms with Crippen LogP contribution in [0.4, 0.5) is 18.0 Å². The quantitative estimate of drug-likeness (QED) is 0.601. The van der Waals surface area contributed by atoms with Gasteiger partial charge in [0.25, 0.3) is 0 Å². The molecule has 20 heavy (non-hydrogen) atoms. The third-order valence-corrected chi connectivity index (χ3v) is 3.15. The summed E-state index contributed by atoms with van der Waals surface area (Å²) >= 11 is 0.963. The number of thioether (sulfide) groups is 1. The van der Waals surface area contributed by atoms with Crippen molar-refractivity contribution >= 4 is 17.9 Å². The van der Waals surface area contributed by atoms with Gasteiger partial charge in [-0.3, -0.25) is 0 Å². The first-order chi connectivity index (χ1) is 9.29. The molecule has 0 aliphatic heterocycles. The van der Waals surface area contributed by atoms with Gasteiger partial charge in [0, 0.05) is 10.6 Å². The molecular weight excluding hydrogens is 293 g/mol. The van der Waals surface area contributed by atoms with Crippen molar-refractivity contribution in [3.63, 3.8) is 0 Å². The molecule has 1 aromatic carbocycles. The molecule has 0 spiro atoms. The van der Waals surface area contributed by atoms with Crippen molar-refractivity contribution in [3.8, 4) is 0 Å². The molecule has 3 nitrogen and oxygen atoms in total.